The van der Waals surface area contributed by atoms with Gasteiger partial charge >= 0.3 is 12.2 Å². The number of nitrogens with one attached hydrogen (secondary N) is 1. The normalized spacial score (nSPS) is 16.6. The van der Waals surface area contributed by atoms with Gasteiger partial charge in [0.15, 0.2) is 0 Å². The number of nitrogens with zero attached hydrogens (tertiary/aromatic N) is 2. The molecular formula is C26H22Cl3N3O4. The van der Waals surface area contributed by atoms with Crippen molar-refractivity contribution in [2.75, 3.05) is 18.6 Å². The Kier molecular flexibility index (Phi) is 8.04. The Labute approximate surface area is 223 Å². The molecule has 0 bridgehead atoms. The summed E-state index contributed by atoms with van der Waals surface area (Å²) in [4.78, 5) is 32.0. The number of carbonyl (C=O) groups excluding carboxylic acids is 2. The number of alkyl halides is 3. The van der Waals surface area contributed by atoms with E-state index in [9.17, 15) is 9.59 Å². The average Bonchev–Trinajstić information content (AvgIpc) is 3.18. The largest absolute Gasteiger partial charge is 0.452 e. The van der Waals surface area contributed by atoms with E-state index in [2.05, 4.69) is 5.32 Å². The molecule has 1 heterocycles. The van der Waals surface area contributed by atoms with Crippen LogP contribution in [-0.4, -0.2) is 41.6 Å². The van der Waals surface area contributed by atoms with Crippen molar-refractivity contribution in [2.45, 2.75) is 16.0 Å². The van der Waals surface area contributed by atoms with E-state index in [1.54, 1.807) is 12.1 Å². The number of fused-ring (bicyclic) bond motifs is 1. The van der Waals surface area contributed by atoms with Crippen LogP contribution < -0.4 is 10.2 Å². The first-order chi connectivity index (χ1) is 17.3. The molecule has 2 amide bonds. The lowest BCUT2D eigenvalue weighted by Gasteiger charge is -2.27. The molecule has 0 aromatic heterocycles. The number of ether oxygens (including phenoxy) is 2. The Morgan fingerprint density at radius 2 is 1.47 bits per heavy atom. The van der Waals surface area contributed by atoms with Gasteiger partial charge in [0, 0.05) is 16.7 Å². The van der Waals surface area contributed by atoms with Crippen molar-refractivity contribution in [2.24, 2.45) is 4.99 Å². The van der Waals surface area contributed by atoms with Gasteiger partial charge in [0.1, 0.15) is 18.8 Å². The lowest BCUT2D eigenvalue weighted by Crippen LogP contribution is -2.51. The van der Waals surface area contributed by atoms with E-state index in [-0.39, 0.29) is 0 Å². The van der Waals surface area contributed by atoms with Gasteiger partial charge in [-0.15, -0.1) is 0 Å². The van der Waals surface area contributed by atoms with Crippen molar-refractivity contribution in [3.8, 4) is 0 Å². The van der Waals surface area contributed by atoms with Gasteiger partial charge in [-0.1, -0.05) is 114 Å². The molecular weight excluding hydrogens is 525 g/mol. The van der Waals surface area contributed by atoms with Gasteiger partial charge in [-0.3, -0.25) is 15.2 Å². The molecule has 0 spiro atoms. The molecule has 186 valence electrons. The molecule has 0 fully saturated rings. The van der Waals surface area contributed by atoms with Gasteiger partial charge in [0.25, 0.3) is 0 Å². The molecule has 1 aliphatic heterocycles. The zero-order valence-electron chi connectivity index (χ0n) is 19.1. The number of alkyl carbamates (subject to hydrolysis) is 1. The molecule has 0 radical (unpaired) electrons. The summed E-state index contributed by atoms with van der Waals surface area (Å²) in [7, 11) is 1.26. The maximum atomic E-state index is 12.9. The predicted molar refractivity (Wildman–Crippen MR) is 141 cm³/mol. The summed E-state index contributed by atoms with van der Waals surface area (Å²) in [6, 6.07) is 25.8. The first-order valence-corrected chi connectivity index (χ1v) is 12.1. The van der Waals surface area contributed by atoms with Crippen LogP contribution in [0.3, 0.4) is 0 Å². The fourth-order valence-corrected chi connectivity index (χ4v) is 4.13. The Balaban J connectivity index is 1.81. The highest BCUT2D eigenvalue weighted by Gasteiger charge is 2.44. The molecule has 1 N–H and O–H groups in total. The number of hydrogen-bond donors (Lipinski definition) is 1. The zero-order valence-corrected chi connectivity index (χ0v) is 21.4. The van der Waals surface area contributed by atoms with Crippen LogP contribution in [0.1, 0.15) is 22.7 Å². The SMILES string of the molecule is COC(=O)N1c2ccccc2[C@@H](N=C(c2ccccc2)c2ccccc2)[C@@H]1NC(=O)OCC(Cl)(Cl)Cl. The van der Waals surface area contributed by atoms with Crippen LogP contribution in [0.25, 0.3) is 0 Å². The molecule has 36 heavy (non-hydrogen) atoms. The highest BCUT2D eigenvalue weighted by atomic mass is 35.6. The second kappa shape index (κ2) is 11.2. The summed E-state index contributed by atoms with van der Waals surface area (Å²) >= 11 is 17.2. The van der Waals surface area contributed by atoms with Crippen molar-refractivity contribution in [1.29, 1.82) is 0 Å². The number of halogens is 3. The van der Waals surface area contributed by atoms with E-state index in [4.69, 9.17) is 49.3 Å². The third-order valence-corrected chi connectivity index (χ3v) is 5.79. The van der Waals surface area contributed by atoms with Crippen LogP contribution in [0.2, 0.25) is 0 Å². The van der Waals surface area contributed by atoms with Crippen molar-refractivity contribution in [3.05, 3.63) is 102 Å². The summed E-state index contributed by atoms with van der Waals surface area (Å²) in [5.41, 5.74) is 3.69. The van der Waals surface area contributed by atoms with Crippen molar-refractivity contribution >= 4 is 58.4 Å². The number of methoxy groups -OCH3 is 1. The fourth-order valence-electron chi connectivity index (χ4n) is 3.97. The molecule has 3 aromatic carbocycles. The minimum Gasteiger partial charge on any atom is -0.452 e. The first-order valence-electron chi connectivity index (χ1n) is 10.9. The lowest BCUT2D eigenvalue weighted by atomic mass is 10.0. The summed E-state index contributed by atoms with van der Waals surface area (Å²) in [5, 5.41) is 2.70. The fraction of sp³-hybridized carbons (Fsp3) is 0.192. The monoisotopic (exact) mass is 545 g/mol. The molecule has 0 saturated carbocycles. The number of para-hydroxylation sites is 1. The van der Waals surface area contributed by atoms with Crippen molar-refractivity contribution in [1.82, 2.24) is 5.32 Å². The third kappa shape index (κ3) is 5.93. The number of aliphatic imine (C=N–C) groups is 1. The number of anilines is 1. The Hall–Kier alpha value is -3.26. The molecule has 2 atom stereocenters. The van der Waals surface area contributed by atoms with Crippen molar-refractivity contribution in [3.63, 3.8) is 0 Å². The van der Waals surface area contributed by atoms with Gasteiger partial charge in [-0.05, 0) is 6.07 Å². The van der Waals surface area contributed by atoms with Crippen LogP contribution in [0.15, 0.2) is 89.9 Å². The topological polar surface area (TPSA) is 80.2 Å². The quantitative estimate of drug-likeness (QED) is 0.302. The number of amides is 2. The van der Waals surface area contributed by atoms with Gasteiger partial charge in [0.2, 0.25) is 3.79 Å². The molecule has 0 saturated heterocycles. The number of carbonyl (C=O) groups is 2. The van der Waals surface area contributed by atoms with E-state index in [1.807, 2.05) is 72.8 Å². The summed E-state index contributed by atoms with van der Waals surface area (Å²) in [5.74, 6) is 0. The Morgan fingerprint density at radius 3 is 2.03 bits per heavy atom. The lowest BCUT2D eigenvalue weighted by molar-refractivity contribution is 0.141. The van der Waals surface area contributed by atoms with Crippen molar-refractivity contribution < 1.29 is 19.1 Å². The first kappa shape index (κ1) is 25.8. The van der Waals surface area contributed by atoms with E-state index in [0.717, 1.165) is 16.7 Å². The smallest absolute Gasteiger partial charge is 0.415 e. The van der Waals surface area contributed by atoms with Gasteiger partial charge in [-0.25, -0.2) is 9.59 Å². The van der Waals surface area contributed by atoms with Gasteiger partial charge in [-0.2, -0.15) is 0 Å². The molecule has 0 aliphatic carbocycles. The second-order valence-electron chi connectivity index (χ2n) is 7.83. The maximum Gasteiger partial charge on any atom is 0.415 e. The molecule has 0 unspecified atom stereocenters. The molecule has 7 nitrogen and oxygen atoms in total. The molecule has 10 heteroatoms. The van der Waals surface area contributed by atoms with E-state index in [1.165, 1.54) is 12.0 Å². The minimum absolute atomic E-state index is 0.478. The summed E-state index contributed by atoms with van der Waals surface area (Å²) in [6.45, 7) is -0.478. The average molecular weight is 547 g/mol. The number of hydrogen-bond acceptors (Lipinski definition) is 5. The summed E-state index contributed by atoms with van der Waals surface area (Å²) < 4.78 is 8.31. The van der Waals surface area contributed by atoms with Gasteiger partial charge < -0.3 is 9.47 Å². The Morgan fingerprint density at radius 1 is 0.917 bits per heavy atom. The van der Waals surface area contributed by atoms with Gasteiger partial charge in [0.05, 0.1) is 18.5 Å². The number of rotatable bonds is 5. The van der Waals surface area contributed by atoms with Crippen LogP contribution >= 0.6 is 34.8 Å². The molecule has 1 aliphatic rings. The molecule has 3 aromatic rings. The van der Waals surface area contributed by atoms with Crippen LogP contribution in [0, 0.1) is 0 Å². The van der Waals surface area contributed by atoms with E-state index >= 15 is 0 Å². The van der Waals surface area contributed by atoms with Crippen LogP contribution in [0.4, 0.5) is 15.3 Å². The van der Waals surface area contributed by atoms with Crippen LogP contribution in [0.5, 0.6) is 0 Å². The highest BCUT2D eigenvalue weighted by molar-refractivity contribution is 6.67. The Bertz CT molecular complexity index is 1210. The third-order valence-electron chi connectivity index (χ3n) is 5.46. The zero-order chi connectivity index (χ0) is 25.7. The molecule has 4 rings (SSSR count). The predicted octanol–water partition coefficient (Wildman–Crippen LogP) is 6.27. The van der Waals surface area contributed by atoms with E-state index < -0.39 is 34.8 Å². The maximum absolute atomic E-state index is 12.9. The van der Waals surface area contributed by atoms with Crippen LogP contribution in [-0.2, 0) is 9.47 Å². The standard InChI is InChI=1S/C26H22Cl3N3O4/c1-35-25(34)32-20-15-9-8-14-19(20)22(23(32)31-24(33)36-16-26(27,28)29)30-21(17-10-4-2-5-11-17)18-12-6-3-7-13-18/h2-15,22-23H,16H2,1H3,(H,31,33)/t22-,23-/m1/s1. The second-order valence-corrected chi connectivity index (χ2v) is 10.3. The van der Waals surface area contributed by atoms with E-state index in [0.29, 0.717) is 11.4 Å². The number of benzene rings is 3. The summed E-state index contributed by atoms with van der Waals surface area (Å²) in [6.07, 6.45) is -2.53. The minimum atomic E-state index is -1.79. The highest BCUT2D eigenvalue weighted by Crippen LogP contribution is 2.42.